The van der Waals surface area contributed by atoms with Crippen LogP contribution in [0.2, 0.25) is 0 Å². The Kier molecular flexibility index (Phi) is 4.28. The van der Waals surface area contributed by atoms with E-state index in [4.69, 9.17) is 9.84 Å². The maximum absolute atomic E-state index is 11.3. The van der Waals surface area contributed by atoms with Crippen LogP contribution >= 0.6 is 0 Å². The number of nitrogens with one attached hydrogen (secondary N) is 1. The van der Waals surface area contributed by atoms with Crippen LogP contribution in [0.4, 0.5) is 0 Å². The smallest absolute Gasteiger partial charge is 0.340 e. The Hall–Kier alpha value is -2.30. The van der Waals surface area contributed by atoms with Crippen molar-refractivity contribution in [1.82, 2.24) is 5.32 Å². The van der Waals surface area contributed by atoms with Gasteiger partial charge in [-0.15, -0.1) is 0 Å². The highest BCUT2D eigenvalue weighted by atomic mass is 16.5. The van der Waals surface area contributed by atoms with E-state index in [9.17, 15) is 9.59 Å². The van der Waals surface area contributed by atoms with Gasteiger partial charge in [-0.05, 0) is 17.7 Å². The third-order valence-electron chi connectivity index (χ3n) is 2.14. The number of carbonyl (C=O) groups is 2. The average molecular weight is 235 g/mol. The highest BCUT2D eigenvalue weighted by Crippen LogP contribution is 2.10. The fourth-order valence-corrected chi connectivity index (χ4v) is 1.13. The molecule has 0 aliphatic rings. The van der Waals surface area contributed by atoms with Crippen LogP contribution in [0.15, 0.2) is 36.4 Å². The van der Waals surface area contributed by atoms with Crippen LogP contribution in [0, 0.1) is 0 Å². The van der Waals surface area contributed by atoms with Crippen LogP contribution in [0.1, 0.15) is 5.56 Å². The lowest BCUT2D eigenvalue weighted by molar-refractivity contribution is -0.134. The maximum atomic E-state index is 11.3. The summed E-state index contributed by atoms with van der Waals surface area (Å²) in [4.78, 5) is 21.7. The Morgan fingerprint density at radius 3 is 2.41 bits per heavy atom. The Morgan fingerprint density at radius 1 is 1.35 bits per heavy atom. The lowest BCUT2D eigenvalue weighted by Gasteiger charge is -2.05. The number of amides is 1. The molecule has 0 atom stereocenters. The fraction of sp³-hybridized carbons (Fsp3) is 0.167. The van der Waals surface area contributed by atoms with Gasteiger partial charge in [-0.1, -0.05) is 18.7 Å². The van der Waals surface area contributed by atoms with Crippen molar-refractivity contribution in [2.75, 3.05) is 7.11 Å². The van der Waals surface area contributed by atoms with Crippen molar-refractivity contribution >= 4 is 11.9 Å². The molecule has 0 radical (unpaired) electrons. The number of methoxy groups -OCH3 is 1. The van der Waals surface area contributed by atoms with Crippen LogP contribution in [0.25, 0.3) is 0 Å². The zero-order valence-electron chi connectivity index (χ0n) is 9.40. The number of rotatable bonds is 5. The summed E-state index contributed by atoms with van der Waals surface area (Å²) in [5.41, 5.74) is 0.371. The highest BCUT2D eigenvalue weighted by molar-refractivity contribution is 6.14. The minimum Gasteiger partial charge on any atom is -0.497 e. The molecule has 2 N–H and O–H groups in total. The van der Waals surface area contributed by atoms with Crippen LogP contribution < -0.4 is 10.1 Å². The van der Waals surface area contributed by atoms with Gasteiger partial charge in [-0.2, -0.15) is 0 Å². The van der Waals surface area contributed by atoms with Crippen LogP contribution in [-0.4, -0.2) is 24.1 Å². The van der Waals surface area contributed by atoms with Crippen LogP contribution in [0.3, 0.4) is 0 Å². The normalized spacial score (nSPS) is 9.47. The lowest BCUT2D eigenvalue weighted by atomic mass is 10.2. The lowest BCUT2D eigenvalue weighted by Crippen LogP contribution is -2.27. The zero-order valence-corrected chi connectivity index (χ0v) is 9.40. The molecule has 1 amide bonds. The molecule has 1 rings (SSSR count). The minimum atomic E-state index is -1.32. The van der Waals surface area contributed by atoms with Crippen molar-refractivity contribution in [2.45, 2.75) is 6.54 Å². The van der Waals surface area contributed by atoms with Gasteiger partial charge in [0, 0.05) is 6.54 Å². The van der Waals surface area contributed by atoms with Crippen LogP contribution in [0.5, 0.6) is 5.75 Å². The van der Waals surface area contributed by atoms with E-state index >= 15 is 0 Å². The quantitative estimate of drug-likeness (QED) is 0.452. The van der Waals surface area contributed by atoms with E-state index in [1.54, 1.807) is 31.4 Å². The van der Waals surface area contributed by atoms with Gasteiger partial charge in [0.1, 0.15) is 11.3 Å². The Balaban J connectivity index is 2.53. The summed E-state index contributed by atoms with van der Waals surface area (Å²) in [6.07, 6.45) is 0. The second-order valence-electron chi connectivity index (χ2n) is 3.31. The molecule has 5 nitrogen and oxygen atoms in total. The van der Waals surface area contributed by atoms with Gasteiger partial charge in [0.05, 0.1) is 7.11 Å². The van der Waals surface area contributed by atoms with E-state index in [0.29, 0.717) is 0 Å². The van der Waals surface area contributed by atoms with Crippen LogP contribution in [-0.2, 0) is 16.1 Å². The van der Waals surface area contributed by atoms with Crippen molar-refractivity contribution in [1.29, 1.82) is 0 Å². The third-order valence-corrected chi connectivity index (χ3v) is 2.14. The van der Waals surface area contributed by atoms with Gasteiger partial charge in [0.25, 0.3) is 5.91 Å². The number of hydrogen-bond acceptors (Lipinski definition) is 3. The van der Waals surface area contributed by atoms with E-state index in [0.717, 1.165) is 11.3 Å². The summed E-state index contributed by atoms with van der Waals surface area (Å²) in [6, 6.07) is 7.08. The number of aliphatic carboxylic acids is 1. The molecule has 17 heavy (non-hydrogen) atoms. The molecule has 0 fully saturated rings. The number of benzene rings is 1. The molecule has 0 aromatic heterocycles. The highest BCUT2D eigenvalue weighted by Gasteiger charge is 2.13. The molecule has 5 heteroatoms. The summed E-state index contributed by atoms with van der Waals surface area (Å²) < 4.78 is 4.99. The SMILES string of the molecule is C=C(C(=O)O)C(=O)NCc1ccc(OC)cc1. The largest absolute Gasteiger partial charge is 0.497 e. The molecule has 0 spiro atoms. The van der Waals surface area contributed by atoms with Crippen molar-refractivity contribution in [2.24, 2.45) is 0 Å². The van der Waals surface area contributed by atoms with Gasteiger partial charge < -0.3 is 15.2 Å². The van der Waals surface area contributed by atoms with E-state index < -0.39 is 17.4 Å². The first-order valence-electron chi connectivity index (χ1n) is 4.88. The van der Waals surface area contributed by atoms with Crippen molar-refractivity contribution < 1.29 is 19.4 Å². The number of carboxylic acid groups (broad SMARTS) is 1. The molecule has 90 valence electrons. The van der Waals surface area contributed by atoms with Crippen molar-refractivity contribution in [3.05, 3.63) is 42.0 Å². The van der Waals surface area contributed by atoms with Gasteiger partial charge in [-0.25, -0.2) is 4.79 Å². The molecular weight excluding hydrogens is 222 g/mol. The predicted octanol–water partition coefficient (Wildman–Crippen LogP) is 0.952. The maximum Gasteiger partial charge on any atom is 0.340 e. The minimum absolute atomic E-state index is 0.245. The first kappa shape index (κ1) is 12.8. The van der Waals surface area contributed by atoms with Gasteiger partial charge in [0.2, 0.25) is 0 Å². The number of carbonyl (C=O) groups excluding carboxylic acids is 1. The van der Waals surface area contributed by atoms with E-state index in [-0.39, 0.29) is 6.54 Å². The summed E-state index contributed by atoms with van der Waals surface area (Å²) in [7, 11) is 1.56. The summed E-state index contributed by atoms with van der Waals surface area (Å²) in [6.45, 7) is 3.41. The second kappa shape index (κ2) is 5.69. The zero-order chi connectivity index (χ0) is 12.8. The topological polar surface area (TPSA) is 75.6 Å². The molecule has 0 bridgehead atoms. The molecule has 1 aromatic rings. The molecule has 0 saturated carbocycles. The van der Waals surface area contributed by atoms with Gasteiger partial charge >= 0.3 is 5.97 Å². The van der Waals surface area contributed by atoms with Gasteiger partial charge in [-0.3, -0.25) is 4.79 Å². The molecule has 0 heterocycles. The predicted molar refractivity (Wildman–Crippen MR) is 61.6 cm³/mol. The molecule has 1 aromatic carbocycles. The summed E-state index contributed by atoms with van der Waals surface area (Å²) >= 11 is 0. The van der Waals surface area contributed by atoms with E-state index in [1.807, 2.05) is 0 Å². The Bertz CT molecular complexity index is 436. The molecule has 0 saturated heterocycles. The van der Waals surface area contributed by atoms with Gasteiger partial charge in [0.15, 0.2) is 0 Å². The summed E-state index contributed by atoms with van der Waals surface area (Å²) in [5.74, 6) is -1.29. The fourth-order valence-electron chi connectivity index (χ4n) is 1.13. The van der Waals surface area contributed by atoms with E-state index in [2.05, 4.69) is 11.9 Å². The monoisotopic (exact) mass is 235 g/mol. The van der Waals surface area contributed by atoms with Crippen molar-refractivity contribution in [3.63, 3.8) is 0 Å². The average Bonchev–Trinajstić information content (AvgIpc) is 2.35. The first-order chi connectivity index (χ1) is 8.04. The standard InChI is InChI=1S/C12H13NO4/c1-8(12(15)16)11(14)13-7-9-3-5-10(17-2)6-4-9/h3-6H,1,7H2,2H3,(H,13,14)(H,15,16). The Labute approximate surface area is 98.7 Å². The third kappa shape index (κ3) is 3.64. The summed E-state index contributed by atoms with van der Waals surface area (Å²) in [5, 5.41) is 11.0. The molecule has 0 aliphatic heterocycles. The molecular formula is C12H13NO4. The first-order valence-corrected chi connectivity index (χ1v) is 4.88. The molecule has 0 unspecified atom stereocenters. The number of ether oxygens (including phenoxy) is 1. The Morgan fingerprint density at radius 2 is 1.94 bits per heavy atom. The molecule has 0 aliphatic carbocycles. The van der Waals surface area contributed by atoms with Crippen molar-refractivity contribution in [3.8, 4) is 5.75 Å². The number of hydrogen-bond donors (Lipinski definition) is 2. The van der Waals surface area contributed by atoms with E-state index in [1.165, 1.54) is 0 Å². The second-order valence-corrected chi connectivity index (χ2v) is 3.31. The number of carboxylic acids is 1.